The van der Waals surface area contributed by atoms with E-state index in [4.69, 9.17) is 20.4 Å². The molecule has 1 N–H and O–H groups in total. The van der Waals surface area contributed by atoms with Crippen LogP contribution in [0.3, 0.4) is 0 Å². The summed E-state index contributed by atoms with van der Waals surface area (Å²) in [5.41, 5.74) is 2.99. The van der Waals surface area contributed by atoms with Crippen LogP contribution in [0.2, 0.25) is 0 Å². The lowest BCUT2D eigenvalue weighted by Crippen LogP contribution is -2.26. The molecule has 2 aromatic rings. The number of para-hydroxylation sites is 1. The topological polar surface area (TPSA) is 104 Å². The monoisotopic (exact) mass is 363 g/mol. The molecule has 0 aliphatic heterocycles. The minimum Gasteiger partial charge on any atom is -0.454 e. The molecule has 3 rings (SSSR count). The molecule has 0 bridgehead atoms. The van der Waals surface area contributed by atoms with Crippen molar-refractivity contribution in [1.29, 1.82) is 10.7 Å². The summed E-state index contributed by atoms with van der Waals surface area (Å²) in [6.45, 7) is 0.878. The Balaban J connectivity index is 1.94. The van der Waals surface area contributed by atoms with Gasteiger partial charge in [0.15, 0.2) is 12.4 Å². The van der Waals surface area contributed by atoms with Crippen molar-refractivity contribution in [1.82, 2.24) is 4.98 Å². The van der Waals surface area contributed by atoms with Crippen LogP contribution in [0.25, 0.3) is 10.9 Å². The molecule has 0 spiro atoms. The second-order valence-corrected chi connectivity index (χ2v) is 6.78. The van der Waals surface area contributed by atoms with Gasteiger partial charge in [0.05, 0.1) is 17.1 Å². The van der Waals surface area contributed by atoms with Crippen LogP contribution in [0.5, 0.6) is 0 Å². The number of carbonyl (C=O) groups excluding carboxylic acids is 2. The van der Waals surface area contributed by atoms with E-state index in [-0.39, 0.29) is 5.71 Å². The Morgan fingerprint density at radius 1 is 1.26 bits per heavy atom. The number of ether oxygens (including phenoxy) is 1. The lowest BCUT2D eigenvalue weighted by atomic mass is 9.97. The number of benzene rings is 1. The minimum atomic E-state index is -1.18. The summed E-state index contributed by atoms with van der Waals surface area (Å²) >= 11 is 0. The zero-order valence-electron chi connectivity index (χ0n) is 15.2. The van der Waals surface area contributed by atoms with Crippen LogP contribution < -0.4 is 0 Å². The second-order valence-electron chi connectivity index (χ2n) is 6.78. The molecule has 1 unspecified atom stereocenters. The van der Waals surface area contributed by atoms with Crippen molar-refractivity contribution in [2.45, 2.75) is 39.0 Å². The minimum absolute atomic E-state index is 0.0539. The SMILES string of the molecule is CC(=N)C(C#N)C(=O)COC(=O)c1c2c(nc3ccccc13)CCCCC2. The fraction of sp³-hybridized carbons (Fsp3) is 0.381. The number of hydrogen-bond acceptors (Lipinski definition) is 6. The molecule has 0 fully saturated rings. The fourth-order valence-electron chi connectivity index (χ4n) is 3.48. The molecule has 6 heteroatoms. The number of nitrogens with one attached hydrogen (secondary N) is 1. The Morgan fingerprint density at radius 3 is 2.74 bits per heavy atom. The summed E-state index contributed by atoms with van der Waals surface area (Å²) in [5, 5.41) is 17.2. The van der Waals surface area contributed by atoms with E-state index in [1.165, 1.54) is 6.92 Å². The molecule has 1 aliphatic carbocycles. The van der Waals surface area contributed by atoms with Crippen LogP contribution in [0.15, 0.2) is 24.3 Å². The Bertz CT molecular complexity index is 959. The van der Waals surface area contributed by atoms with Gasteiger partial charge in [-0.2, -0.15) is 5.26 Å². The second kappa shape index (κ2) is 8.09. The number of fused-ring (bicyclic) bond motifs is 2. The first kappa shape index (κ1) is 18.7. The third-order valence-corrected chi connectivity index (χ3v) is 4.85. The third-order valence-electron chi connectivity index (χ3n) is 4.85. The van der Waals surface area contributed by atoms with Crippen LogP contribution in [0.4, 0.5) is 0 Å². The van der Waals surface area contributed by atoms with Crippen molar-refractivity contribution in [2.24, 2.45) is 5.92 Å². The van der Waals surface area contributed by atoms with E-state index in [1.807, 2.05) is 24.3 Å². The van der Waals surface area contributed by atoms with Crippen molar-refractivity contribution in [2.75, 3.05) is 6.61 Å². The number of hydrogen-bond donors (Lipinski definition) is 1. The molecule has 1 heterocycles. The predicted octanol–water partition coefficient (Wildman–Crippen LogP) is 3.41. The molecule has 1 aliphatic rings. The normalized spacial score (nSPS) is 14.5. The first-order valence-corrected chi connectivity index (χ1v) is 9.08. The highest BCUT2D eigenvalue weighted by molar-refractivity contribution is 6.08. The molecule has 27 heavy (non-hydrogen) atoms. The summed E-state index contributed by atoms with van der Waals surface area (Å²) < 4.78 is 5.27. The number of ketones is 1. The Morgan fingerprint density at radius 2 is 2.00 bits per heavy atom. The van der Waals surface area contributed by atoms with Crippen molar-refractivity contribution >= 4 is 28.4 Å². The first-order valence-electron chi connectivity index (χ1n) is 9.08. The Labute approximate surface area is 157 Å². The van der Waals surface area contributed by atoms with Crippen molar-refractivity contribution < 1.29 is 14.3 Å². The number of esters is 1. The number of nitriles is 1. The number of Topliss-reactive ketones (excluding diaryl/α,β-unsaturated/α-hetero) is 1. The van der Waals surface area contributed by atoms with E-state index in [0.29, 0.717) is 5.56 Å². The molecule has 0 saturated heterocycles. The highest BCUT2D eigenvalue weighted by atomic mass is 16.5. The quantitative estimate of drug-likeness (QED) is 0.498. The molecule has 138 valence electrons. The van der Waals surface area contributed by atoms with Crippen molar-refractivity contribution in [3.8, 4) is 6.07 Å². The average molecular weight is 363 g/mol. The van der Waals surface area contributed by atoms with E-state index < -0.39 is 24.3 Å². The zero-order chi connectivity index (χ0) is 19.4. The predicted molar refractivity (Wildman–Crippen MR) is 101 cm³/mol. The van der Waals surface area contributed by atoms with Crippen LogP contribution in [0, 0.1) is 22.7 Å². The van der Waals surface area contributed by atoms with Gasteiger partial charge in [-0.15, -0.1) is 0 Å². The number of nitrogens with zero attached hydrogens (tertiary/aromatic N) is 2. The summed E-state index contributed by atoms with van der Waals surface area (Å²) in [5.74, 6) is -2.33. The van der Waals surface area contributed by atoms with Gasteiger partial charge in [0.25, 0.3) is 0 Å². The number of pyridine rings is 1. The molecule has 1 aromatic carbocycles. The lowest BCUT2D eigenvalue weighted by Gasteiger charge is -2.15. The highest BCUT2D eigenvalue weighted by Gasteiger charge is 2.25. The van der Waals surface area contributed by atoms with E-state index >= 15 is 0 Å². The van der Waals surface area contributed by atoms with Gasteiger partial charge in [-0.25, -0.2) is 4.79 Å². The molecule has 6 nitrogen and oxygen atoms in total. The van der Waals surface area contributed by atoms with Gasteiger partial charge in [-0.1, -0.05) is 24.6 Å². The van der Waals surface area contributed by atoms with Crippen molar-refractivity contribution in [3.05, 3.63) is 41.1 Å². The standard InChI is InChI=1S/C21H21N3O3/c1-13(23)16(11-22)19(25)12-27-21(26)20-14-7-3-2-4-9-17(14)24-18-10-6-5-8-15(18)20/h5-6,8,10,16,23H,2-4,7,9,12H2,1H3. The molecule has 0 saturated carbocycles. The fourth-order valence-corrected chi connectivity index (χ4v) is 3.48. The smallest absolute Gasteiger partial charge is 0.339 e. The van der Waals surface area contributed by atoms with Gasteiger partial charge >= 0.3 is 5.97 Å². The summed E-state index contributed by atoms with van der Waals surface area (Å²) in [4.78, 5) is 29.7. The maximum Gasteiger partial charge on any atom is 0.339 e. The largest absolute Gasteiger partial charge is 0.454 e. The van der Waals surface area contributed by atoms with Gasteiger partial charge < -0.3 is 10.1 Å². The van der Waals surface area contributed by atoms with Crippen LogP contribution >= 0.6 is 0 Å². The van der Waals surface area contributed by atoms with E-state index in [2.05, 4.69) is 0 Å². The number of rotatable bonds is 5. The molecule has 0 amide bonds. The molecule has 0 radical (unpaired) electrons. The van der Waals surface area contributed by atoms with Crippen LogP contribution in [0.1, 0.15) is 47.8 Å². The number of aromatic nitrogens is 1. The molecular weight excluding hydrogens is 342 g/mol. The summed E-state index contributed by atoms with van der Waals surface area (Å²) in [7, 11) is 0. The van der Waals surface area contributed by atoms with Crippen LogP contribution in [-0.4, -0.2) is 29.1 Å². The molecule has 1 aromatic heterocycles. The number of carbonyl (C=O) groups is 2. The Kier molecular flexibility index (Phi) is 5.60. The lowest BCUT2D eigenvalue weighted by molar-refractivity contribution is -0.122. The van der Waals surface area contributed by atoms with Gasteiger partial charge in [0.2, 0.25) is 0 Å². The van der Waals surface area contributed by atoms with Gasteiger partial charge in [-0.05, 0) is 44.2 Å². The first-order chi connectivity index (χ1) is 13.0. The molecular formula is C21H21N3O3. The maximum absolute atomic E-state index is 12.9. The highest BCUT2D eigenvalue weighted by Crippen LogP contribution is 2.29. The van der Waals surface area contributed by atoms with Gasteiger partial charge in [-0.3, -0.25) is 9.78 Å². The van der Waals surface area contributed by atoms with E-state index in [9.17, 15) is 9.59 Å². The summed E-state index contributed by atoms with van der Waals surface area (Å²) in [6.07, 6.45) is 4.68. The number of aryl methyl sites for hydroxylation is 1. The van der Waals surface area contributed by atoms with E-state index in [1.54, 1.807) is 6.07 Å². The Hall–Kier alpha value is -3.07. The van der Waals surface area contributed by atoms with Gasteiger partial charge in [0.1, 0.15) is 5.92 Å². The summed E-state index contributed by atoms with van der Waals surface area (Å²) in [6, 6.07) is 9.21. The van der Waals surface area contributed by atoms with Crippen molar-refractivity contribution in [3.63, 3.8) is 0 Å². The van der Waals surface area contributed by atoms with Gasteiger partial charge in [0, 0.05) is 16.8 Å². The van der Waals surface area contributed by atoms with Crippen LogP contribution in [-0.2, 0) is 22.4 Å². The van der Waals surface area contributed by atoms with E-state index in [0.717, 1.165) is 54.3 Å². The molecule has 1 atom stereocenters. The third kappa shape index (κ3) is 3.87. The maximum atomic E-state index is 12.9. The average Bonchev–Trinajstić information content (AvgIpc) is 2.89. The zero-order valence-corrected chi connectivity index (χ0v) is 15.2.